The van der Waals surface area contributed by atoms with Gasteiger partial charge in [-0.3, -0.25) is 0 Å². The van der Waals surface area contributed by atoms with Crippen LogP contribution in [-0.2, 0) is 13.2 Å². The molecule has 1 N–H and O–H groups in total. The molecule has 0 aliphatic rings. The first-order valence-electron chi connectivity index (χ1n) is 8.38. The number of hydrogen-bond donors (Lipinski definition) is 1. The molecule has 3 rings (SSSR count). The Kier molecular flexibility index (Phi) is 8.43. The molecule has 3 nitrogen and oxygen atoms in total. The minimum absolute atomic E-state index is 0.534. The minimum atomic E-state index is 0.534. The number of rotatable bonds is 7. The Hall–Kier alpha value is -0.840. The van der Waals surface area contributed by atoms with E-state index < -0.39 is 0 Å². The largest absolute Gasteiger partial charge is 0.487 e. The van der Waals surface area contributed by atoms with Gasteiger partial charge in [-0.1, -0.05) is 57.9 Å². The van der Waals surface area contributed by atoms with Crippen molar-refractivity contribution in [2.45, 2.75) is 13.2 Å². The topological polar surface area (TPSA) is 33.6 Å². The van der Waals surface area contributed by atoms with E-state index in [2.05, 4.69) is 95.9 Å². The maximum absolute atomic E-state index is 6.15. The number of benzene rings is 3. The number of nitrogens with one attached hydrogen (secondary N) is 1. The van der Waals surface area contributed by atoms with E-state index in [1.807, 2.05) is 36.4 Å². The first-order valence-corrected chi connectivity index (χ1v) is 11.7. The van der Waals surface area contributed by atoms with Crippen LogP contribution in [0.3, 0.4) is 0 Å². The van der Waals surface area contributed by atoms with E-state index in [9.17, 15) is 0 Å². The van der Waals surface area contributed by atoms with Crippen LogP contribution in [0.1, 0.15) is 16.7 Å². The van der Waals surface area contributed by atoms with Gasteiger partial charge in [0, 0.05) is 9.50 Å². The highest BCUT2D eigenvalue weighted by atomic mass is 127. The maximum Gasteiger partial charge on any atom is 0.146 e. The predicted molar refractivity (Wildman–Crippen MR) is 136 cm³/mol. The van der Waals surface area contributed by atoms with Crippen LogP contribution in [0.25, 0.3) is 0 Å². The zero-order chi connectivity index (χ0) is 19.9. The van der Waals surface area contributed by atoms with E-state index in [1.54, 1.807) is 6.21 Å². The van der Waals surface area contributed by atoms with Crippen molar-refractivity contribution in [1.29, 1.82) is 0 Å². The zero-order valence-corrected chi connectivity index (χ0v) is 21.3. The van der Waals surface area contributed by atoms with Gasteiger partial charge in [0.1, 0.15) is 12.4 Å². The van der Waals surface area contributed by atoms with Gasteiger partial charge in [0.25, 0.3) is 0 Å². The number of ether oxygens (including phenoxy) is 1. The summed E-state index contributed by atoms with van der Waals surface area (Å²) in [6.07, 6.45) is 1.81. The minimum Gasteiger partial charge on any atom is -0.487 e. The molecule has 0 spiro atoms. The van der Waals surface area contributed by atoms with Crippen molar-refractivity contribution < 1.29 is 4.74 Å². The number of hydrogen-bond acceptors (Lipinski definition) is 3. The quantitative estimate of drug-likeness (QED) is 0.165. The lowest BCUT2D eigenvalue weighted by Gasteiger charge is -2.11. The van der Waals surface area contributed by atoms with Crippen LogP contribution in [-0.4, -0.2) is 6.21 Å². The van der Waals surface area contributed by atoms with Gasteiger partial charge < -0.3 is 10.2 Å². The number of nitrogens with zero attached hydrogens (tertiary/aromatic N) is 1. The van der Waals surface area contributed by atoms with Gasteiger partial charge in [-0.15, -0.1) is 0 Å². The molecular formula is C21H16BrClI2N2O. The summed E-state index contributed by atoms with van der Waals surface area (Å²) >= 11 is 14.2. The van der Waals surface area contributed by atoms with Crippen LogP contribution in [0.5, 0.6) is 5.75 Å². The van der Waals surface area contributed by atoms with Crippen LogP contribution in [0.4, 0.5) is 0 Å². The lowest BCUT2D eigenvalue weighted by molar-refractivity contribution is 0.301. The molecule has 28 heavy (non-hydrogen) atoms. The van der Waals surface area contributed by atoms with E-state index in [0.717, 1.165) is 39.1 Å². The predicted octanol–water partition coefficient (Wildman–Crippen LogP) is 7.01. The normalized spacial score (nSPS) is 11.0. The summed E-state index contributed by atoms with van der Waals surface area (Å²) in [6.45, 7) is 1.12. The molecule has 0 heterocycles. The van der Waals surface area contributed by atoms with Gasteiger partial charge in [0.05, 0.1) is 19.9 Å². The molecule has 3 aromatic carbocycles. The second kappa shape index (κ2) is 10.8. The van der Waals surface area contributed by atoms with E-state index in [4.69, 9.17) is 16.3 Å². The molecule has 0 aliphatic heterocycles. The van der Waals surface area contributed by atoms with Crippen LogP contribution in [0.2, 0.25) is 5.02 Å². The SMILES string of the molecule is Clc1ccccc1CN/N=C\c1cc(I)c(OCc2ccc(Br)cc2)c(I)c1. The molecule has 0 fully saturated rings. The van der Waals surface area contributed by atoms with Crippen molar-refractivity contribution in [3.63, 3.8) is 0 Å². The van der Waals surface area contributed by atoms with Crippen molar-refractivity contribution in [3.8, 4) is 5.75 Å². The second-order valence-corrected chi connectivity index (χ2v) is 9.56. The Morgan fingerprint density at radius 2 is 1.71 bits per heavy atom. The summed E-state index contributed by atoms with van der Waals surface area (Å²) < 4.78 is 9.20. The van der Waals surface area contributed by atoms with Crippen molar-refractivity contribution >= 4 is 78.9 Å². The summed E-state index contributed by atoms with van der Waals surface area (Å²) in [6, 6.07) is 20.0. The lowest BCUT2D eigenvalue weighted by Crippen LogP contribution is -2.06. The van der Waals surface area contributed by atoms with E-state index in [-0.39, 0.29) is 0 Å². The van der Waals surface area contributed by atoms with Crippen LogP contribution in [0, 0.1) is 7.14 Å². The molecule has 0 amide bonds. The van der Waals surface area contributed by atoms with Crippen LogP contribution >= 0.6 is 72.7 Å². The Morgan fingerprint density at radius 3 is 2.39 bits per heavy atom. The summed E-state index contributed by atoms with van der Waals surface area (Å²) in [5.41, 5.74) is 6.20. The van der Waals surface area contributed by atoms with Crippen molar-refractivity contribution in [2.24, 2.45) is 5.10 Å². The molecule has 0 bridgehead atoms. The van der Waals surface area contributed by atoms with E-state index in [0.29, 0.717) is 13.2 Å². The Labute approximate surface area is 205 Å². The van der Waals surface area contributed by atoms with Crippen molar-refractivity contribution in [1.82, 2.24) is 5.43 Å². The highest BCUT2D eigenvalue weighted by Gasteiger charge is 2.09. The van der Waals surface area contributed by atoms with Gasteiger partial charge in [0.15, 0.2) is 0 Å². The Balaban J connectivity index is 1.61. The molecule has 3 aromatic rings. The smallest absolute Gasteiger partial charge is 0.146 e. The molecule has 144 valence electrons. The first kappa shape index (κ1) is 21.9. The molecule has 0 atom stereocenters. The van der Waals surface area contributed by atoms with E-state index >= 15 is 0 Å². The third kappa shape index (κ3) is 6.33. The Bertz CT molecular complexity index is 957. The standard InChI is InChI=1S/C21H16BrClI2N2O/c22-17-7-5-14(6-8-17)13-28-21-19(24)9-15(10-20(21)25)11-26-27-12-16-3-1-2-4-18(16)23/h1-11,27H,12-13H2/b26-11-. The summed E-state index contributed by atoms with van der Waals surface area (Å²) in [5, 5.41) is 5.04. The summed E-state index contributed by atoms with van der Waals surface area (Å²) in [5.74, 6) is 0.894. The first-order chi connectivity index (χ1) is 13.5. The molecule has 0 aromatic heterocycles. The maximum atomic E-state index is 6.15. The van der Waals surface area contributed by atoms with Gasteiger partial charge in [-0.2, -0.15) is 5.10 Å². The lowest BCUT2D eigenvalue weighted by atomic mass is 10.2. The van der Waals surface area contributed by atoms with Gasteiger partial charge >= 0.3 is 0 Å². The second-order valence-electron chi connectivity index (χ2n) is 5.91. The average Bonchev–Trinajstić information content (AvgIpc) is 2.67. The van der Waals surface area contributed by atoms with Gasteiger partial charge in [-0.25, -0.2) is 0 Å². The third-order valence-electron chi connectivity index (χ3n) is 3.85. The zero-order valence-electron chi connectivity index (χ0n) is 14.6. The average molecular weight is 682 g/mol. The molecule has 0 saturated carbocycles. The summed E-state index contributed by atoms with van der Waals surface area (Å²) in [7, 11) is 0. The highest BCUT2D eigenvalue weighted by molar-refractivity contribution is 14.1. The van der Waals surface area contributed by atoms with Crippen LogP contribution < -0.4 is 10.2 Å². The summed E-state index contributed by atoms with van der Waals surface area (Å²) in [4.78, 5) is 0. The van der Waals surface area contributed by atoms with Gasteiger partial charge in [-0.05, 0) is 92.2 Å². The molecule has 0 radical (unpaired) electrons. The molecular weight excluding hydrogens is 665 g/mol. The molecule has 0 aliphatic carbocycles. The van der Waals surface area contributed by atoms with Crippen LogP contribution in [0.15, 0.2) is 70.2 Å². The van der Waals surface area contributed by atoms with Gasteiger partial charge in [0.2, 0.25) is 0 Å². The molecule has 0 unspecified atom stereocenters. The van der Waals surface area contributed by atoms with E-state index in [1.165, 1.54) is 0 Å². The highest BCUT2D eigenvalue weighted by Crippen LogP contribution is 2.29. The van der Waals surface area contributed by atoms with Crippen molar-refractivity contribution in [2.75, 3.05) is 0 Å². The fourth-order valence-electron chi connectivity index (χ4n) is 2.42. The van der Waals surface area contributed by atoms with Crippen molar-refractivity contribution in [3.05, 3.63) is 94.0 Å². The molecule has 7 heteroatoms. The number of hydrazone groups is 1. The fraction of sp³-hybridized carbons (Fsp3) is 0.0952. The monoisotopic (exact) mass is 680 g/mol. The third-order valence-corrected chi connectivity index (χ3v) is 6.35. The fourth-order valence-corrected chi connectivity index (χ4v) is 5.02. The molecule has 0 saturated heterocycles. The Morgan fingerprint density at radius 1 is 1.04 bits per heavy atom. The number of halogens is 4.